The lowest BCUT2D eigenvalue weighted by molar-refractivity contribution is 0.273. The normalized spacial score (nSPS) is 23.9. The van der Waals surface area contributed by atoms with Crippen molar-refractivity contribution in [2.75, 3.05) is 13.1 Å². The predicted octanol–water partition coefficient (Wildman–Crippen LogP) is 2.17. The number of nitrogens with zero attached hydrogens (tertiary/aromatic N) is 2. The second-order valence-corrected chi connectivity index (χ2v) is 4.67. The Morgan fingerprint density at radius 2 is 2.62 bits per heavy atom. The maximum Gasteiger partial charge on any atom is 0.0409 e. The molecule has 0 N–H and O–H groups in total. The molecule has 72 valence electrons. The molecule has 0 saturated carbocycles. The lowest BCUT2D eigenvalue weighted by Crippen LogP contribution is -2.28. The van der Waals surface area contributed by atoms with Crippen molar-refractivity contribution in [3.05, 3.63) is 17.1 Å². The first-order chi connectivity index (χ1) is 6.36. The van der Waals surface area contributed by atoms with Crippen LogP contribution in [0.3, 0.4) is 0 Å². The summed E-state index contributed by atoms with van der Waals surface area (Å²) >= 11 is 1.63. The molecule has 1 atom stereocenters. The van der Waals surface area contributed by atoms with Gasteiger partial charge in [0.2, 0.25) is 0 Å². The Bertz CT molecular complexity index is 245. The maximum atomic E-state index is 4.11. The summed E-state index contributed by atoms with van der Waals surface area (Å²) in [5.74, 6) is 0. The van der Waals surface area contributed by atoms with Crippen LogP contribution in [0.5, 0.6) is 0 Å². The first-order valence-corrected chi connectivity index (χ1v) is 5.77. The average molecular weight is 196 g/mol. The third-order valence-corrected chi connectivity index (χ3v) is 3.63. The van der Waals surface area contributed by atoms with Gasteiger partial charge in [-0.2, -0.15) is 0 Å². The van der Waals surface area contributed by atoms with Crippen molar-refractivity contribution >= 4 is 11.5 Å². The van der Waals surface area contributed by atoms with Gasteiger partial charge in [0.15, 0.2) is 0 Å². The molecule has 2 heterocycles. The molecule has 0 aliphatic carbocycles. The zero-order valence-corrected chi connectivity index (χ0v) is 8.89. The molecular formula is C10H16N2S. The standard InChI is InChI=1S/C10H16N2S/c1-9-3-2-7-12(9)8-5-10-4-6-11-13-10/h4,6,9H,2-3,5,7-8H2,1H3/t9-/m0/s1. The average Bonchev–Trinajstić information content (AvgIpc) is 2.72. The van der Waals surface area contributed by atoms with Gasteiger partial charge in [-0.3, -0.25) is 0 Å². The summed E-state index contributed by atoms with van der Waals surface area (Å²) < 4.78 is 4.11. The number of aromatic nitrogens is 1. The molecule has 2 rings (SSSR count). The lowest BCUT2D eigenvalue weighted by atomic mass is 10.2. The van der Waals surface area contributed by atoms with E-state index in [1.807, 2.05) is 6.20 Å². The van der Waals surface area contributed by atoms with E-state index in [-0.39, 0.29) is 0 Å². The summed E-state index contributed by atoms with van der Waals surface area (Å²) in [6.07, 6.45) is 5.83. The van der Waals surface area contributed by atoms with E-state index in [2.05, 4.69) is 22.3 Å². The fourth-order valence-corrected chi connectivity index (χ4v) is 2.51. The quantitative estimate of drug-likeness (QED) is 0.736. The first kappa shape index (κ1) is 9.16. The molecule has 1 fully saturated rings. The van der Waals surface area contributed by atoms with Crippen LogP contribution in [-0.4, -0.2) is 28.4 Å². The van der Waals surface area contributed by atoms with E-state index < -0.39 is 0 Å². The predicted molar refractivity (Wildman–Crippen MR) is 56.1 cm³/mol. The van der Waals surface area contributed by atoms with Crippen LogP contribution < -0.4 is 0 Å². The van der Waals surface area contributed by atoms with Crippen molar-refractivity contribution in [2.45, 2.75) is 32.2 Å². The minimum atomic E-state index is 0.799. The molecule has 3 heteroatoms. The second kappa shape index (κ2) is 4.20. The van der Waals surface area contributed by atoms with Crippen LogP contribution in [0, 0.1) is 0 Å². The maximum absolute atomic E-state index is 4.11. The van der Waals surface area contributed by atoms with Crippen LogP contribution in [0.1, 0.15) is 24.6 Å². The van der Waals surface area contributed by atoms with Crippen molar-refractivity contribution in [2.24, 2.45) is 0 Å². The van der Waals surface area contributed by atoms with Crippen molar-refractivity contribution in [3.8, 4) is 0 Å². The van der Waals surface area contributed by atoms with Gasteiger partial charge in [-0.05, 0) is 50.3 Å². The van der Waals surface area contributed by atoms with Crippen LogP contribution in [0.4, 0.5) is 0 Å². The number of hydrogen-bond acceptors (Lipinski definition) is 3. The van der Waals surface area contributed by atoms with Crippen molar-refractivity contribution in [1.29, 1.82) is 0 Å². The molecule has 0 spiro atoms. The van der Waals surface area contributed by atoms with Gasteiger partial charge < -0.3 is 4.90 Å². The van der Waals surface area contributed by atoms with Gasteiger partial charge in [-0.1, -0.05) is 0 Å². The Morgan fingerprint density at radius 3 is 3.23 bits per heavy atom. The minimum Gasteiger partial charge on any atom is -0.300 e. The molecule has 0 bridgehead atoms. The highest BCUT2D eigenvalue weighted by Crippen LogP contribution is 2.17. The SMILES string of the molecule is C[C@H]1CCCN1CCc1ccns1. The summed E-state index contributed by atoms with van der Waals surface area (Å²) in [5.41, 5.74) is 0. The van der Waals surface area contributed by atoms with Crippen molar-refractivity contribution in [3.63, 3.8) is 0 Å². The monoisotopic (exact) mass is 196 g/mol. The van der Waals surface area contributed by atoms with E-state index in [1.165, 1.54) is 37.2 Å². The van der Waals surface area contributed by atoms with Gasteiger partial charge in [0.1, 0.15) is 0 Å². The summed E-state index contributed by atoms with van der Waals surface area (Å²) in [5, 5.41) is 0. The number of hydrogen-bond donors (Lipinski definition) is 0. The van der Waals surface area contributed by atoms with Crippen molar-refractivity contribution < 1.29 is 0 Å². The first-order valence-electron chi connectivity index (χ1n) is 5.00. The van der Waals surface area contributed by atoms with Gasteiger partial charge in [0.05, 0.1) is 0 Å². The van der Waals surface area contributed by atoms with E-state index in [0.717, 1.165) is 6.04 Å². The van der Waals surface area contributed by atoms with E-state index in [4.69, 9.17) is 0 Å². The Kier molecular flexibility index (Phi) is 2.96. The van der Waals surface area contributed by atoms with E-state index in [0.29, 0.717) is 0 Å². The largest absolute Gasteiger partial charge is 0.300 e. The minimum absolute atomic E-state index is 0.799. The third kappa shape index (κ3) is 2.29. The molecule has 0 radical (unpaired) electrons. The highest BCUT2D eigenvalue weighted by molar-refractivity contribution is 7.05. The molecular weight excluding hydrogens is 180 g/mol. The molecule has 1 aliphatic rings. The van der Waals surface area contributed by atoms with Gasteiger partial charge in [0, 0.05) is 23.7 Å². The molecule has 0 amide bonds. The Labute approximate surface area is 83.7 Å². The summed E-state index contributed by atoms with van der Waals surface area (Å²) in [6, 6.07) is 2.93. The van der Waals surface area contributed by atoms with Crippen molar-refractivity contribution in [1.82, 2.24) is 9.27 Å². The van der Waals surface area contributed by atoms with Crippen LogP contribution in [-0.2, 0) is 6.42 Å². The van der Waals surface area contributed by atoms with Crippen LogP contribution in [0.15, 0.2) is 12.3 Å². The third-order valence-electron chi connectivity index (χ3n) is 2.83. The Hall–Kier alpha value is -0.410. The van der Waals surface area contributed by atoms with Crippen LogP contribution in [0.25, 0.3) is 0 Å². The van der Waals surface area contributed by atoms with Gasteiger partial charge in [-0.25, -0.2) is 4.37 Å². The summed E-state index contributed by atoms with van der Waals surface area (Å²) in [6.45, 7) is 4.84. The fourth-order valence-electron chi connectivity index (χ4n) is 1.95. The molecule has 13 heavy (non-hydrogen) atoms. The van der Waals surface area contributed by atoms with Gasteiger partial charge >= 0.3 is 0 Å². The van der Waals surface area contributed by atoms with Crippen LogP contribution in [0.2, 0.25) is 0 Å². The molecule has 1 aromatic heterocycles. The zero-order valence-electron chi connectivity index (χ0n) is 8.07. The number of likely N-dealkylation sites (tertiary alicyclic amines) is 1. The van der Waals surface area contributed by atoms with E-state index in [9.17, 15) is 0 Å². The summed E-state index contributed by atoms with van der Waals surface area (Å²) in [4.78, 5) is 4.00. The second-order valence-electron chi connectivity index (χ2n) is 3.76. The smallest absolute Gasteiger partial charge is 0.0409 e. The molecule has 1 saturated heterocycles. The Balaban J connectivity index is 1.79. The zero-order chi connectivity index (χ0) is 9.10. The molecule has 1 aliphatic heterocycles. The summed E-state index contributed by atoms with van der Waals surface area (Å²) in [7, 11) is 0. The molecule has 1 aromatic rings. The van der Waals surface area contributed by atoms with Crippen LogP contribution >= 0.6 is 11.5 Å². The molecule has 2 nitrogen and oxygen atoms in total. The fraction of sp³-hybridized carbons (Fsp3) is 0.700. The molecule has 0 aromatic carbocycles. The number of rotatable bonds is 3. The van der Waals surface area contributed by atoms with Gasteiger partial charge in [-0.15, -0.1) is 0 Å². The molecule has 0 unspecified atom stereocenters. The van der Waals surface area contributed by atoms with E-state index >= 15 is 0 Å². The Morgan fingerprint density at radius 1 is 1.69 bits per heavy atom. The van der Waals surface area contributed by atoms with Gasteiger partial charge in [0.25, 0.3) is 0 Å². The highest BCUT2D eigenvalue weighted by atomic mass is 32.1. The topological polar surface area (TPSA) is 16.1 Å². The highest BCUT2D eigenvalue weighted by Gasteiger charge is 2.19. The van der Waals surface area contributed by atoms with E-state index in [1.54, 1.807) is 11.5 Å². The lowest BCUT2D eigenvalue weighted by Gasteiger charge is -2.19.